The SMILES string of the molecule is CC[C@H](C)[C@@H]([C@@H](CC(=O)N1CCC[C@H]1[C@H](C)[C@@H](C)C(=O)N[C@H](C)[C@@H](O)c1ccccc1)OC)N(C)C(=O)[C@@H](NC(=O)C(C(C)C)N(C)C(=O)OCc1ccc(NC(=O)[C@H](CCCNC(N)=O)NC(=O)C(NC(=O)CCCC(=O)N(C)CC(=O)N(C)CC(=O)N(C)CC(=O)C(C)C)C(C)C)cc1)C(C)C. The zero-order chi connectivity index (χ0) is 78.6. The van der Waals surface area contributed by atoms with Gasteiger partial charge in [-0.05, 0) is 91.9 Å². The fraction of sp³-hybridized carbons (Fsp3) is 0.667. The molecule has 0 bridgehead atoms. The van der Waals surface area contributed by atoms with Gasteiger partial charge in [0.15, 0.2) is 5.78 Å². The average Bonchev–Trinajstić information content (AvgIpc) is 1.31. The summed E-state index contributed by atoms with van der Waals surface area (Å²) in [6.07, 6.45) is -0.440. The minimum Gasteiger partial charge on any atom is -0.445 e. The molecule has 0 aromatic heterocycles. The molecule has 29 nitrogen and oxygen atoms in total. The number of likely N-dealkylation sites (N-methyl/N-ethyl adjacent to an activating group) is 5. The van der Waals surface area contributed by atoms with E-state index in [-0.39, 0.29) is 113 Å². The van der Waals surface area contributed by atoms with Crippen molar-refractivity contribution in [2.24, 2.45) is 47.2 Å². The average molecular weight is 1460 g/mol. The Hall–Kier alpha value is -8.73. The van der Waals surface area contributed by atoms with E-state index in [0.717, 1.165) is 11.3 Å². The molecule has 2 aromatic carbocycles. The second-order valence-corrected chi connectivity index (χ2v) is 29.2. The number of carbonyl (C=O) groups is 13. The Labute approximate surface area is 615 Å². The first-order chi connectivity index (χ1) is 48.8. The summed E-state index contributed by atoms with van der Waals surface area (Å²) in [6.45, 7) is 23.1. The highest BCUT2D eigenvalue weighted by molar-refractivity contribution is 5.99. The molecule has 9 N–H and O–H groups in total. The number of ketones is 1. The zero-order valence-corrected chi connectivity index (χ0v) is 64.9. The summed E-state index contributed by atoms with van der Waals surface area (Å²) in [5, 5.41) is 27.5. The van der Waals surface area contributed by atoms with Crippen molar-refractivity contribution in [1.82, 2.24) is 56.0 Å². The number of primary amides is 1. The molecule has 13 amide bonds. The first kappa shape index (κ1) is 89.5. The van der Waals surface area contributed by atoms with Crippen molar-refractivity contribution >= 4 is 82.7 Å². The molecule has 3 rings (SSSR count). The van der Waals surface area contributed by atoms with Crippen LogP contribution < -0.4 is 37.6 Å². The number of nitrogens with one attached hydrogen (secondary N) is 6. The fourth-order valence-electron chi connectivity index (χ4n) is 12.5. The van der Waals surface area contributed by atoms with E-state index < -0.39 is 132 Å². The summed E-state index contributed by atoms with van der Waals surface area (Å²) < 4.78 is 11.8. The number of nitrogens with two attached hydrogens (primary N) is 1. The Morgan fingerprint density at radius 1 is 0.644 bits per heavy atom. The zero-order valence-electron chi connectivity index (χ0n) is 64.9. The monoisotopic (exact) mass is 1460 g/mol. The number of benzene rings is 2. The van der Waals surface area contributed by atoms with Gasteiger partial charge in [-0.25, -0.2) is 9.59 Å². The van der Waals surface area contributed by atoms with Crippen LogP contribution in [0.1, 0.15) is 165 Å². The van der Waals surface area contributed by atoms with E-state index in [1.807, 2.05) is 50.8 Å². The standard InChI is InChI=1S/C75H121N13O16/c1-20-48(10)67(58(103-19)39-61(92)88-38-26-30-56(88)49(11)50(12)69(96)78-51(13)68(95)53-27-22-21-23-28-53)86(17)73(100)65(46(6)7)82-72(99)66(47(8)9)87(18)75(102)104-43-52-33-35-54(36-34-52)79-70(97)55(29-25-37-77-74(76)101)80-71(98)64(45(4)5)81-59(90)31-24-32-60(91)84(15)41-63(94)85(16)42-62(93)83(14)40-57(89)44(2)3/h21-23,27-28,33-36,44-51,55-56,58,64-68,95H,20,24-26,29-32,37-43H2,1-19H3,(H,78,96)(H,79,97)(H,80,98)(H,81,90)(H,82,99)(H3,76,77,101)/t48-,49+,50+,51+,55-,56-,58+,64?,65-,66?,67-,68+/m0/s1. The van der Waals surface area contributed by atoms with Crippen molar-refractivity contribution < 1.29 is 76.9 Å². The van der Waals surface area contributed by atoms with E-state index in [0.29, 0.717) is 36.2 Å². The van der Waals surface area contributed by atoms with Gasteiger partial charge in [-0.15, -0.1) is 0 Å². The number of aliphatic hydroxyl groups is 1. The van der Waals surface area contributed by atoms with Crippen LogP contribution in [0.4, 0.5) is 15.3 Å². The number of aliphatic hydroxyl groups excluding tert-OH is 1. The third-order valence-corrected chi connectivity index (χ3v) is 19.6. The van der Waals surface area contributed by atoms with Gasteiger partial charge in [0.2, 0.25) is 59.1 Å². The molecule has 2 aromatic rings. The predicted octanol–water partition coefficient (Wildman–Crippen LogP) is 4.98. The number of methoxy groups -OCH3 is 1. The molecule has 104 heavy (non-hydrogen) atoms. The maximum atomic E-state index is 14.8. The van der Waals surface area contributed by atoms with Crippen LogP contribution >= 0.6 is 0 Å². The number of ether oxygens (including phenoxy) is 2. The Balaban J connectivity index is 1.65. The van der Waals surface area contributed by atoms with Crippen molar-refractivity contribution in [2.75, 3.05) is 80.4 Å². The lowest BCUT2D eigenvalue weighted by Crippen LogP contribution is -2.60. The molecule has 1 saturated heterocycles. The molecule has 1 fully saturated rings. The van der Waals surface area contributed by atoms with Gasteiger partial charge in [0.1, 0.15) is 30.8 Å². The summed E-state index contributed by atoms with van der Waals surface area (Å²) in [6, 6.07) is 8.77. The number of carbonyl (C=O) groups excluding carboxylic acids is 13. The van der Waals surface area contributed by atoms with Crippen LogP contribution in [-0.2, 0) is 68.8 Å². The van der Waals surface area contributed by atoms with E-state index in [1.165, 1.54) is 50.0 Å². The van der Waals surface area contributed by atoms with Crippen molar-refractivity contribution in [3.63, 3.8) is 0 Å². The van der Waals surface area contributed by atoms with Gasteiger partial charge < -0.3 is 76.7 Å². The van der Waals surface area contributed by atoms with Crippen LogP contribution in [0.15, 0.2) is 54.6 Å². The third kappa shape index (κ3) is 27.7. The van der Waals surface area contributed by atoms with Gasteiger partial charge in [-0.2, -0.15) is 0 Å². The number of hydrogen-bond donors (Lipinski definition) is 8. The van der Waals surface area contributed by atoms with Crippen molar-refractivity contribution in [3.8, 4) is 0 Å². The number of Topliss-reactive ketones (excluding diaryl/α,β-unsaturated/α-hetero) is 1. The maximum absolute atomic E-state index is 14.8. The first-order valence-electron chi connectivity index (χ1n) is 36.4. The van der Waals surface area contributed by atoms with E-state index in [1.54, 1.807) is 111 Å². The molecule has 0 spiro atoms. The number of rotatable bonds is 42. The normalized spacial score (nSPS) is 16.0. The van der Waals surface area contributed by atoms with Crippen LogP contribution in [0.3, 0.4) is 0 Å². The van der Waals surface area contributed by atoms with Crippen molar-refractivity contribution in [2.45, 2.75) is 209 Å². The Bertz CT molecular complexity index is 3190. The largest absolute Gasteiger partial charge is 0.445 e. The number of anilines is 1. The molecule has 0 radical (unpaired) electrons. The van der Waals surface area contributed by atoms with Crippen molar-refractivity contribution in [3.05, 3.63) is 65.7 Å². The summed E-state index contributed by atoms with van der Waals surface area (Å²) in [5.74, 6) is -7.30. The highest BCUT2D eigenvalue weighted by Crippen LogP contribution is 2.32. The molecule has 12 atom stereocenters. The Kier molecular flexibility index (Phi) is 37.4. The van der Waals surface area contributed by atoms with Gasteiger partial charge in [-0.1, -0.05) is 132 Å². The molecule has 2 unspecified atom stereocenters. The second kappa shape index (κ2) is 43.5. The minimum atomic E-state index is -1.18. The molecule has 1 heterocycles. The van der Waals surface area contributed by atoms with Crippen LogP contribution in [-0.4, -0.2) is 235 Å². The lowest BCUT2D eigenvalue weighted by molar-refractivity contribution is -0.146. The molecule has 0 aliphatic carbocycles. The molecule has 1 aliphatic rings. The lowest BCUT2D eigenvalue weighted by atomic mass is 9.86. The number of amides is 13. The minimum absolute atomic E-state index is 0.0345. The quantitative estimate of drug-likeness (QED) is 0.0406. The topological polar surface area (TPSA) is 378 Å². The highest BCUT2D eigenvalue weighted by atomic mass is 16.6. The van der Waals surface area contributed by atoms with Gasteiger partial charge in [0.25, 0.3) is 0 Å². The second-order valence-electron chi connectivity index (χ2n) is 29.2. The fourth-order valence-corrected chi connectivity index (χ4v) is 12.5. The van der Waals surface area contributed by atoms with Gasteiger partial charge >= 0.3 is 12.1 Å². The third-order valence-electron chi connectivity index (χ3n) is 19.6. The Morgan fingerprint density at radius 3 is 1.78 bits per heavy atom. The summed E-state index contributed by atoms with van der Waals surface area (Å²) in [7, 11) is 8.87. The highest BCUT2D eigenvalue weighted by Gasteiger charge is 2.43. The van der Waals surface area contributed by atoms with Gasteiger partial charge in [0.05, 0.1) is 50.3 Å². The maximum Gasteiger partial charge on any atom is 0.410 e. The Morgan fingerprint density at radius 2 is 1.23 bits per heavy atom. The van der Waals surface area contributed by atoms with E-state index in [4.69, 9.17) is 15.2 Å². The molecule has 29 heteroatoms. The van der Waals surface area contributed by atoms with Crippen LogP contribution in [0.2, 0.25) is 0 Å². The first-order valence-corrected chi connectivity index (χ1v) is 36.4. The molecule has 1 aliphatic heterocycles. The van der Waals surface area contributed by atoms with Gasteiger partial charge in [-0.3, -0.25) is 57.6 Å². The summed E-state index contributed by atoms with van der Waals surface area (Å²) in [5.41, 5.74) is 6.76. The number of hydrogen-bond acceptors (Lipinski definition) is 16. The molecular formula is C75H121N13O16. The molecular weight excluding hydrogens is 1340 g/mol. The predicted molar refractivity (Wildman–Crippen MR) is 394 cm³/mol. The van der Waals surface area contributed by atoms with E-state index in [9.17, 15) is 67.4 Å². The van der Waals surface area contributed by atoms with Crippen LogP contribution in [0.25, 0.3) is 0 Å². The van der Waals surface area contributed by atoms with Crippen LogP contribution in [0.5, 0.6) is 0 Å². The smallest absolute Gasteiger partial charge is 0.410 e. The lowest BCUT2D eigenvalue weighted by Gasteiger charge is -2.41. The molecule has 582 valence electrons. The summed E-state index contributed by atoms with van der Waals surface area (Å²) >= 11 is 0. The molecule has 0 saturated carbocycles. The van der Waals surface area contributed by atoms with E-state index in [2.05, 4.69) is 31.9 Å². The van der Waals surface area contributed by atoms with Crippen LogP contribution in [0, 0.1) is 41.4 Å². The number of nitrogens with zero attached hydrogens (tertiary/aromatic N) is 6. The van der Waals surface area contributed by atoms with Gasteiger partial charge in [0, 0.05) is 91.8 Å². The summed E-state index contributed by atoms with van der Waals surface area (Å²) in [4.78, 5) is 182. The van der Waals surface area contributed by atoms with Crippen molar-refractivity contribution in [1.29, 1.82) is 0 Å². The number of urea groups is 1. The van der Waals surface area contributed by atoms with E-state index >= 15 is 0 Å². The number of likely N-dealkylation sites (tertiary alicyclic amines) is 1.